The van der Waals surface area contributed by atoms with Crippen molar-refractivity contribution in [1.29, 1.82) is 0 Å². The van der Waals surface area contributed by atoms with Gasteiger partial charge in [0, 0.05) is 5.69 Å². The first-order valence-corrected chi connectivity index (χ1v) is 9.75. The number of para-hydroxylation sites is 1. The van der Waals surface area contributed by atoms with E-state index < -0.39 is 0 Å². The Morgan fingerprint density at radius 3 is 2.64 bits per heavy atom. The van der Waals surface area contributed by atoms with Gasteiger partial charge in [-0.05, 0) is 24.6 Å². The number of nitrogens with one attached hydrogen (secondary N) is 1. The summed E-state index contributed by atoms with van der Waals surface area (Å²) in [6.07, 6.45) is 1.48. The Balaban J connectivity index is 1.47. The molecule has 0 saturated carbocycles. The van der Waals surface area contributed by atoms with Crippen LogP contribution in [0.4, 0.5) is 5.69 Å². The fourth-order valence-electron chi connectivity index (χ4n) is 2.70. The molecule has 2 heterocycles. The standard InChI is InChI=1S/C20H18N6OS/c1-14-7-9-15(10-8-14)11-26-19-18(24-25-26)20(22-13-21-19)28-12-17(27)23-16-5-3-2-4-6-16/h2-10,13H,11-12H2,1H3,(H,23,27). The first-order valence-electron chi connectivity index (χ1n) is 8.76. The molecular formula is C20H18N6OS. The minimum absolute atomic E-state index is 0.102. The molecule has 0 unspecified atom stereocenters. The molecule has 2 aromatic carbocycles. The van der Waals surface area contributed by atoms with Gasteiger partial charge in [-0.1, -0.05) is 65.0 Å². The molecule has 0 fully saturated rings. The van der Waals surface area contributed by atoms with Gasteiger partial charge in [0.05, 0.1) is 12.3 Å². The minimum atomic E-state index is -0.102. The maximum atomic E-state index is 12.2. The average Bonchev–Trinajstić information content (AvgIpc) is 3.12. The van der Waals surface area contributed by atoms with E-state index in [0.717, 1.165) is 11.3 Å². The van der Waals surface area contributed by atoms with Crippen molar-refractivity contribution in [2.45, 2.75) is 18.5 Å². The highest BCUT2D eigenvalue weighted by molar-refractivity contribution is 8.00. The molecule has 4 aromatic rings. The summed E-state index contributed by atoms with van der Waals surface area (Å²) in [6.45, 7) is 2.63. The third-order valence-corrected chi connectivity index (χ3v) is 5.10. The van der Waals surface area contributed by atoms with E-state index in [9.17, 15) is 4.79 Å². The largest absolute Gasteiger partial charge is 0.325 e. The number of aromatic nitrogens is 5. The zero-order valence-corrected chi connectivity index (χ0v) is 16.1. The highest BCUT2D eigenvalue weighted by Crippen LogP contribution is 2.23. The smallest absolute Gasteiger partial charge is 0.234 e. The second-order valence-corrected chi connectivity index (χ2v) is 7.25. The van der Waals surface area contributed by atoms with Crippen molar-refractivity contribution in [2.24, 2.45) is 0 Å². The van der Waals surface area contributed by atoms with Crippen LogP contribution in [0, 0.1) is 6.92 Å². The Morgan fingerprint density at radius 1 is 1.07 bits per heavy atom. The molecule has 0 spiro atoms. The topological polar surface area (TPSA) is 85.6 Å². The Hall–Kier alpha value is -3.26. The van der Waals surface area contributed by atoms with Gasteiger partial charge in [-0.15, -0.1) is 5.10 Å². The molecule has 0 aliphatic carbocycles. The fraction of sp³-hybridized carbons (Fsp3) is 0.150. The summed E-state index contributed by atoms with van der Waals surface area (Å²) < 4.78 is 1.75. The fourth-order valence-corrected chi connectivity index (χ4v) is 3.43. The molecule has 0 radical (unpaired) electrons. The van der Waals surface area contributed by atoms with Gasteiger partial charge in [-0.2, -0.15) is 0 Å². The summed E-state index contributed by atoms with van der Waals surface area (Å²) in [4.78, 5) is 20.8. The van der Waals surface area contributed by atoms with Gasteiger partial charge in [0.1, 0.15) is 11.4 Å². The summed E-state index contributed by atoms with van der Waals surface area (Å²) in [6, 6.07) is 17.6. The molecule has 2 aromatic heterocycles. The second kappa shape index (κ2) is 8.18. The summed E-state index contributed by atoms with van der Waals surface area (Å²) in [7, 11) is 0. The van der Waals surface area contributed by atoms with Crippen molar-refractivity contribution in [3.63, 3.8) is 0 Å². The number of benzene rings is 2. The molecule has 28 heavy (non-hydrogen) atoms. The van der Waals surface area contributed by atoms with E-state index in [1.54, 1.807) is 4.68 Å². The van der Waals surface area contributed by atoms with Crippen molar-refractivity contribution < 1.29 is 4.79 Å². The van der Waals surface area contributed by atoms with Crippen LogP contribution >= 0.6 is 11.8 Å². The number of anilines is 1. The van der Waals surface area contributed by atoms with Gasteiger partial charge >= 0.3 is 0 Å². The van der Waals surface area contributed by atoms with E-state index in [2.05, 4.69) is 56.8 Å². The summed E-state index contributed by atoms with van der Waals surface area (Å²) in [5.41, 5.74) is 4.35. The molecule has 0 saturated heterocycles. The quantitative estimate of drug-likeness (QED) is 0.402. The Bertz CT molecular complexity index is 1090. The van der Waals surface area contributed by atoms with Crippen LogP contribution in [0.5, 0.6) is 0 Å². The SMILES string of the molecule is Cc1ccc(Cn2nnc3c(SCC(=O)Nc4ccccc4)ncnc32)cc1. The molecule has 0 bridgehead atoms. The van der Waals surface area contributed by atoms with Gasteiger partial charge in [-0.3, -0.25) is 4.79 Å². The van der Waals surface area contributed by atoms with E-state index in [-0.39, 0.29) is 11.7 Å². The third kappa shape index (κ3) is 4.17. The molecule has 1 amide bonds. The maximum absolute atomic E-state index is 12.2. The molecule has 140 valence electrons. The lowest BCUT2D eigenvalue weighted by Crippen LogP contribution is -2.14. The summed E-state index contributed by atoms with van der Waals surface area (Å²) in [5, 5.41) is 11.9. The van der Waals surface area contributed by atoms with Crippen LogP contribution in [0.1, 0.15) is 11.1 Å². The van der Waals surface area contributed by atoms with Crippen LogP contribution in [0.2, 0.25) is 0 Å². The van der Waals surface area contributed by atoms with Gasteiger partial charge in [0.25, 0.3) is 0 Å². The molecule has 4 rings (SSSR count). The second-order valence-electron chi connectivity index (χ2n) is 6.29. The van der Waals surface area contributed by atoms with Crippen LogP contribution in [-0.2, 0) is 11.3 Å². The first kappa shape index (κ1) is 18.1. The Kier molecular flexibility index (Phi) is 5.29. The molecule has 0 aliphatic rings. The highest BCUT2D eigenvalue weighted by atomic mass is 32.2. The van der Waals surface area contributed by atoms with E-state index in [4.69, 9.17) is 0 Å². The molecule has 7 nitrogen and oxygen atoms in total. The zero-order valence-electron chi connectivity index (χ0n) is 15.2. The predicted octanol–water partition coefficient (Wildman–Crippen LogP) is 3.31. The number of thioether (sulfide) groups is 1. The third-order valence-electron chi connectivity index (χ3n) is 4.12. The lowest BCUT2D eigenvalue weighted by atomic mass is 10.1. The van der Waals surface area contributed by atoms with Crippen molar-refractivity contribution in [1.82, 2.24) is 25.0 Å². The molecule has 0 atom stereocenters. The van der Waals surface area contributed by atoms with Crippen molar-refractivity contribution in [2.75, 3.05) is 11.1 Å². The van der Waals surface area contributed by atoms with Crippen molar-refractivity contribution in [3.05, 3.63) is 72.1 Å². The zero-order chi connectivity index (χ0) is 19.3. The van der Waals surface area contributed by atoms with Crippen LogP contribution in [-0.4, -0.2) is 36.6 Å². The van der Waals surface area contributed by atoms with Gasteiger partial charge in [-0.25, -0.2) is 14.6 Å². The number of aryl methyl sites for hydroxylation is 1. The minimum Gasteiger partial charge on any atom is -0.325 e. The van der Waals surface area contributed by atoms with Crippen LogP contribution in [0.3, 0.4) is 0 Å². The van der Waals surface area contributed by atoms with Gasteiger partial charge in [0.2, 0.25) is 5.91 Å². The average molecular weight is 390 g/mol. The van der Waals surface area contributed by atoms with E-state index >= 15 is 0 Å². The lowest BCUT2D eigenvalue weighted by Gasteiger charge is -2.05. The predicted molar refractivity (Wildman–Crippen MR) is 109 cm³/mol. The number of carbonyl (C=O) groups excluding carboxylic acids is 1. The molecule has 8 heteroatoms. The number of hydrogen-bond donors (Lipinski definition) is 1. The van der Waals surface area contributed by atoms with Crippen LogP contribution < -0.4 is 5.32 Å². The molecule has 1 N–H and O–H groups in total. The maximum Gasteiger partial charge on any atom is 0.234 e. The highest BCUT2D eigenvalue weighted by Gasteiger charge is 2.14. The number of hydrogen-bond acceptors (Lipinski definition) is 6. The molecule has 0 aliphatic heterocycles. The Labute approximate surface area is 166 Å². The van der Waals surface area contributed by atoms with E-state index in [0.29, 0.717) is 22.7 Å². The monoisotopic (exact) mass is 390 g/mol. The number of amides is 1. The number of fused-ring (bicyclic) bond motifs is 1. The first-order chi connectivity index (χ1) is 13.7. The van der Waals surface area contributed by atoms with E-state index in [1.165, 1.54) is 23.7 Å². The number of rotatable bonds is 6. The summed E-state index contributed by atoms with van der Waals surface area (Å²) >= 11 is 1.32. The Morgan fingerprint density at radius 2 is 1.86 bits per heavy atom. The van der Waals surface area contributed by atoms with Gasteiger partial charge < -0.3 is 5.32 Å². The molecular weight excluding hydrogens is 372 g/mol. The number of carbonyl (C=O) groups is 1. The normalized spacial score (nSPS) is 10.9. The van der Waals surface area contributed by atoms with Crippen LogP contribution in [0.15, 0.2) is 66.0 Å². The lowest BCUT2D eigenvalue weighted by molar-refractivity contribution is -0.113. The van der Waals surface area contributed by atoms with Crippen molar-refractivity contribution >= 4 is 34.5 Å². The van der Waals surface area contributed by atoms with Crippen LogP contribution in [0.25, 0.3) is 11.2 Å². The van der Waals surface area contributed by atoms with Gasteiger partial charge in [0.15, 0.2) is 11.2 Å². The van der Waals surface area contributed by atoms with Crippen molar-refractivity contribution in [3.8, 4) is 0 Å². The number of nitrogens with zero attached hydrogens (tertiary/aromatic N) is 5. The van der Waals surface area contributed by atoms with E-state index in [1.807, 2.05) is 30.3 Å². The summed E-state index contributed by atoms with van der Waals surface area (Å²) in [5.74, 6) is 0.126.